The van der Waals surface area contributed by atoms with E-state index in [1.165, 1.54) is 27.5 Å². The number of aromatic amines is 1. The average molecular weight is 485 g/mol. The number of ether oxygens (including phenoxy) is 2. The lowest BCUT2D eigenvalue weighted by molar-refractivity contribution is -0.696. The van der Waals surface area contributed by atoms with Crippen LogP contribution in [0.25, 0.3) is 11.2 Å². The van der Waals surface area contributed by atoms with Gasteiger partial charge in [-0.2, -0.15) is 13.7 Å². The van der Waals surface area contributed by atoms with E-state index >= 15 is 0 Å². The lowest BCUT2D eigenvalue weighted by Crippen LogP contribution is -2.48. The molecule has 0 saturated carbocycles. The molecule has 13 heteroatoms. The predicted molar refractivity (Wildman–Crippen MR) is 113 cm³/mol. The summed E-state index contributed by atoms with van der Waals surface area (Å²) < 4.78 is 51.6. The van der Waals surface area contributed by atoms with Gasteiger partial charge in [0.05, 0.1) is 13.1 Å². The Morgan fingerprint density at radius 1 is 1.29 bits per heavy atom. The van der Waals surface area contributed by atoms with Crippen LogP contribution in [-0.2, 0) is 19.8 Å². The van der Waals surface area contributed by atoms with Crippen LogP contribution in [0.3, 0.4) is 0 Å². The number of imidazole rings is 1. The van der Waals surface area contributed by atoms with Gasteiger partial charge >= 0.3 is 23.9 Å². The van der Waals surface area contributed by atoms with Gasteiger partial charge in [-0.15, -0.1) is 13.2 Å². The third-order valence-electron chi connectivity index (χ3n) is 4.80. The molecule has 2 heterocycles. The molecular formula is C21H26F3N5O5+2. The Hall–Kier alpha value is -3.74. The molecule has 0 aliphatic rings. The molecule has 34 heavy (non-hydrogen) atoms. The summed E-state index contributed by atoms with van der Waals surface area (Å²) >= 11 is 0. The van der Waals surface area contributed by atoms with Crippen LogP contribution in [0.4, 0.5) is 13.2 Å². The van der Waals surface area contributed by atoms with E-state index in [0.29, 0.717) is 13.0 Å². The molecule has 2 aromatic heterocycles. The van der Waals surface area contributed by atoms with E-state index in [4.69, 9.17) is 4.74 Å². The van der Waals surface area contributed by atoms with Crippen LogP contribution >= 0.6 is 0 Å². The van der Waals surface area contributed by atoms with Crippen molar-refractivity contribution in [1.82, 2.24) is 14.9 Å². The van der Waals surface area contributed by atoms with Gasteiger partial charge in [0.1, 0.15) is 11.5 Å². The Morgan fingerprint density at radius 3 is 2.68 bits per heavy atom. The van der Waals surface area contributed by atoms with E-state index in [2.05, 4.69) is 21.6 Å². The topological polar surface area (TPSA) is 116 Å². The second kappa shape index (κ2) is 10.5. The number of hydrogen-bond donors (Lipinski definition) is 4. The van der Waals surface area contributed by atoms with Crippen LogP contribution in [0.2, 0.25) is 0 Å². The quantitative estimate of drug-likeness (QED) is 0.308. The highest BCUT2D eigenvalue weighted by Crippen LogP contribution is 2.28. The second-order valence-corrected chi connectivity index (χ2v) is 7.23. The molecule has 0 atom stereocenters. The highest BCUT2D eigenvalue weighted by atomic mass is 19.4. The fraction of sp³-hybridized carbons (Fsp3) is 0.381. The fourth-order valence-electron chi connectivity index (χ4n) is 3.43. The number of nitrogens with zero attached hydrogens (tertiary/aromatic N) is 3. The number of rotatable bonds is 11. The SMILES string of the molecule is C=CNC[n+]1c(Oc2cccc(OC(F)(F)F)c2)[nH]c2c1c(=O)n(CCCO)c(O)[n+]2CCC. The third-order valence-corrected chi connectivity index (χ3v) is 4.80. The zero-order valence-electron chi connectivity index (χ0n) is 18.4. The number of fused-ring (bicyclic) bond motifs is 1. The van der Waals surface area contributed by atoms with Crippen molar-refractivity contribution in [3.8, 4) is 23.5 Å². The van der Waals surface area contributed by atoms with Crippen LogP contribution < -0.4 is 29.5 Å². The van der Waals surface area contributed by atoms with Gasteiger partial charge in [-0.3, -0.25) is 0 Å². The van der Waals surface area contributed by atoms with Crippen LogP contribution in [-0.4, -0.2) is 32.7 Å². The summed E-state index contributed by atoms with van der Waals surface area (Å²) in [5.74, 6) is -0.450. The van der Waals surface area contributed by atoms with Gasteiger partial charge in [0.25, 0.3) is 11.2 Å². The van der Waals surface area contributed by atoms with E-state index < -0.39 is 17.7 Å². The number of aromatic nitrogens is 4. The predicted octanol–water partition coefficient (Wildman–Crippen LogP) is 1.78. The number of aliphatic hydroxyl groups excluding tert-OH is 1. The van der Waals surface area contributed by atoms with Gasteiger partial charge in [0.15, 0.2) is 6.67 Å². The largest absolute Gasteiger partial charge is 0.573 e. The Balaban J connectivity index is 2.17. The van der Waals surface area contributed by atoms with Gasteiger partial charge in [-0.25, -0.2) is 9.78 Å². The molecule has 3 aromatic rings. The number of halogens is 3. The van der Waals surface area contributed by atoms with Crippen molar-refractivity contribution in [2.75, 3.05) is 6.61 Å². The van der Waals surface area contributed by atoms with E-state index in [9.17, 15) is 28.2 Å². The number of H-pyrrole nitrogens is 1. The molecular weight excluding hydrogens is 459 g/mol. The maximum Gasteiger partial charge on any atom is 0.573 e. The lowest BCUT2D eigenvalue weighted by atomic mass is 10.3. The summed E-state index contributed by atoms with van der Waals surface area (Å²) in [5.41, 5.74) is -0.135. The minimum atomic E-state index is -4.86. The van der Waals surface area contributed by atoms with Gasteiger partial charge in [0.2, 0.25) is 0 Å². The van der Waals surface area contributed by atoms with Crippen molar-refractivity contribution in [2.45, 2.75) is 45.9 Å². The summed E-state index contributed by atoms with van der Waals surface area (Å²) in [6.07, 6.45) is -2.59. The molecule has 0 saturated heterocycles. The summed E-state index contributed by atoms with van der Waals surface area (Å²) in [7, 11) is 0. The zero-order valence-corrected chi connectivity index (χ0v) is 18.4. The summed E-state index contributed by atoms with van der Waals surface area (Å²) in [5, 5.41) is 22.8. The van der Waals surface area contributed by atoms with Crippen LogP contribution in [0.15, 0.2) is 41.8 Å². The maximum absolute atomic E-state index is 13.3. The first-order valence-corrected chi connectivity index (χ1v) is 10.5. The highest BCUT2D eigenvalue weighted by molar-refractivity contribution is 5.62. The summed E-state index contributed by atoms with van der Waals surface area (Å²) in [6.45, 7) is 5.76. The first-order chi connectivity index (χ1) is 16.2. The smallest absolute Gasteiger partial charge is 0.458 e. The standard InChI is InChI=1S/C21H24F3N5O5/c1-3-9-27-17-16(18(31)28(20(27)32)10-6-11-30)29(13-25-4-2)19(26-17)33-14-7-5-8-15(12-14)34-21(22,23)24/h4-5,7-8,12,25,30H,2-3,6,9-11,13H2,1H3/p+2. The first-order valence-electron chi connectivity index (χ1n) is 10.5. The minimum absolute atomic E-state index is 0.0209. The number of benzene rings is 1. The van der Waals surface area contributed by atoms with Crippen molar-refractivity contribution in [3.05, 3.63) is 47.4 Å². The van der Waals surface area contributed by atoms with Gasteiger partial charge in [0, 0.05) is 19.1 Å². The second-order valence-electron chi connectivity index (χ2n) is 7.23. The normalized spacial score (nSPS) is 11.6. The summed E-state index contributed by atoms with van der Waals surface area (Å²) in [4.78, 5) is 16.2. The van der Waals surface area contributed by atoms with Gasteiger partial charge in [-0.05, 0) is 24.8 Å². The number of alkyl halides is 3. The summed E-state index contributed by atoms with van der Waals surface area (Å²) in [6, 6.07) is 4.67. The van der Waals surface area contributed by atoms with Crippen molar-refractivity contribution in [1.29, 1.82) is 0 Å². The molecule has 1 aromatic carbocycles. The first kappa shape index (κ1) is 24.9. The minimum Gasteiger partial charge on any atom is -0.458 e. The maximum atomic E-state index is 13.3. The Kier molecular flexibility index (Phi) is 7.66. The number of aliphatic hydroxyl groups is 1. The van der Waals surface area contributed by atoms with Crippen molar-refractivity contribution in [2.24, 2.45) is 0 Å². The van der Waals surface area contributed by atoms with Crippen molar-refractivity contribution in [3.63, 3.8) is 0 Å². The van der Waals surface area contributed by atoms with E-state index in [-0.39, 0.29) is 55.2 Å². The average Bonchev–Trinajstić information content (AvgIpc) is 3.12. The lowest BCUT2D eigenvalue weighted by Gasteiger charge is -2.10. The van der Waals surface area contributed by atoms with Crippen LogP contribution in [0, 0.1) is 0 Å². The molecule has 0 amide bonds. The Labute approximate surface area is 192 Å². The van der Waals surface area contributed by atoms with Crippen LogP contribution in [0.1, 0.15) is 19.8 Å². The van der Waals surface area contributed by atoms with Gasteiger partial charge in [-0.1, -0.05) is 19.6 Å². The number of nitrogens with one attached hydrogen (secondary N) is 2. The van der Waals surface area contributed by atoms with Gasteiger partial charge < -0.3 is 25.0 Å². The molecule has 0 spiro atoms. The molecule has 184 valence electrons. The van der Waals surface area contributed by atoms with Crippen molar-refractivity contribution < 1.29 is 42.0 Å². The number of hydrogen-bond acceptors (Lipinski definition) is 6. The highest BCUT2D eigenvalue weighted by Gasteiger charge is 2.33. The molecule has 0 aliphatic carbocycles. The van der Waals surface area contributed by atoms with E-state index in [0.717, 1.165) is 16.7 Å². The van der Waals surface area contributed by atoms with E-state index in [1.54, 1.807) is 0 Å². The molecule has 3 rings (SSSR count). The Morgan fingerprint density at radius 2 is 2.03 bits per heavy atom. The fourth-order valence-corrected chi connectivity index (χ4v) is 3.43. The Bertz CT molecular complexity index is 1220. The van der Waals surface area contributed by atoms with Crippen LogP contribution in [0.5, 0.6) is 23.5 Å². The molecule has 0 aliphatic heterocycles. The van der Waals surface area contributed by atoms with Crippen molar-refractivity contribution >= 4 is 11.2 Å². The molecule has 10 nitrogen and oxygen atoms in total. The molecule has 4 N–H and O–H groups in total. The third kappa shape index (κ3) is 5.42. The molecule has 0 unspecified atom stereocenters. The zero-order chi connectivity index (χ0) is 24.9. The molecule has 0 fully saturated rings. The molecule has 0 bridgehead atoms. The number of aromatic hydroxyl groups is 1. The molecule has 0 radical (unpaired) electrons. The number of aryl methyl sites for hydroxylation is 1. The van der Waals surface area contributed by atoms with E-state index in [1.807, 2.05) is 6.92 Å². The monoisotopic (exact) mass is 485 g/mol.